The topological polar surface area (TPSA) is 39.9 Å². The summed E-state index contributed by atoms with van der Waals surface area (Å²) in [7, 11) is 0. The minimum absolute atomic E-state index is 0.486. The van der Waals surface area contributed by atoms with E-state index in [1.165, 1.54) is 5.56 Å². The maximum Gasteiger partial charge on any atom is 0.106 e. The first-order valence-electron chi connectivity index (χ1n) is 6.73. The summed E-state index contributed by atoms with van der Waals surface area (Å²) < 4.78 is 0.861. The first kappa shape index (κ1) is 14.4. The average Bonchev–Trinajstić information content (AvgIpc) is 2.98. The lowest BCUT2D eigenvalue weighted by atomic mass is 10.0. The van der Waals surface area contributed by atoms with Crippen LogP contribution < -0.4 is 4.90 Å². The average molecular weight is 363 g/mol. The molecule has 1 unspecified atom stereocenters. The molecular weight excluding hydrogens is 350 g/mol. The Morgan fingerprint density at radius 3 is 2.86 bits per heavy atom. The Morgan fingerprint density at radius 2 is 2.19 bits per heavy atom. The predicted octanol–water partition coefficient (Wildman–Crippen LogP) is 4.36. The summed E-state index contributed by atoms with van der Waals surface area (Å²) in [5, 5.41) is 9.45. The van der Waals surface area contributed by atoms with E-state index in [0.29, 0.717) is 16.5 Å². The third-order valence-electron chi connectivity index (χ3n) is 3.85. The van der Waals surface area contributed by atoms with Gasteiger partial charge in [-0.3, -0.25) is 0 Å². The summed E-state index contributed by atoms with van der Waals surface area (Å²) in [6, 6.07) is 11.8. The molecule has 1 aromatic carbocycles. The molecule has 1 aliphatic heterocycles. The third kappa shape index (κ3) is 3.04. The van der Waals surface area contributed by atoms with E-state index >= 15 is 0 Å². The van der Waals surface area contributed by atoms with Crippen LogP contribution in [-0.2, 0) is 0 Å². The molecule has 0 radical (unpaired) electrons. The molecule has 0 bridgehead atoms. The van der Waals surface area contributed by atoms with Crippen LogP contribution in [0.4, 0.5) is 5.69 Å². The van der Waals surface area contributed by atoms with Gasteiger partial charge in [0, 0.05) is 30.9 Å². The summed E-state index contributed by atoms with van der Waals surface area (Å²) in [4.78, 5) is 6.60. The van der Waals surface area contributed by atoms with Gasteiger partial charge in [-0.2, -0.15) is 5.26 Å². The SMILES string of the molecule is N#Cc1ccc(N2CCC(c3ccc(Br)nc3)C2)cc1Cl. The molecule has 0 spiro atoms. The Labute approximate surface area is 137 Å². The fourth-order valence-corrected chi connectivity index (χ4v) is 3.14. The number of rotatable bonds is 2. The maximum atomic E-state index is 8.93. The lowest BCUT2D eigenvalue weighted by Gasteiger charge is -2.19. The van der Waals surface area contributed by atoms with E-state index in [1.807, 2.05) is 24.4 Å². The van der Waals surface area contributed by atoms with Crippen molar-refractivity contribution in [3.8, 4) is 6.07 Å². The van der Waals surface area contributed by atoms with Crippen molar-refractivity contribution in [3.05, 3.63) is 57.3 Å². The van der Waals surface area contributed by atoms with Crippen LogP contribution in [0.5, 0.6) is 0 Å². The summed E-state index contributed by atoms with van der Waals surface area (Å²) in [5.41, 5.74) is 2.86. The van der Waals surface area contributed by atoms with Crippen LogP contribution in [0.25, 0.3) is 0 Å². The van der Waals surface area contributed by atoms with Gasteiger partial charge in [-0.05, 0) is 52.2 Å². The van der Waals surface area contributed by atoms with E-state index in [0.717, 1.165) is 29.8 Å². The third-order valence-corrected chi connectivity index (χ3v) is 4.63. The maximum absolute atomic E-state index is 8.93. The fraction of sp³-hybridized carbons (Fsp3) is 0.250. The zero-order valence-electron chi connectivity index (χ0n) is 11.3. The van der Waals surface area contributed by atoms with Gasteiger partial charge in [-0.1, -0.05) is 17.7 Å². The Hall–Kier alpha value is -1.57. The number of nitrogens with zero attached hydrogens (tertiary/aromatic N) is 3. The van der Waals surface area contributed by atoms with Crippen LogP contribution in [0.3, 0.4) is 0 Å². The van der Waals surface area contributed by atoms with Crippen molar-refractivity contribution < 1.29 is 0 Å². The number of nitriles is 1. The largest absolute Gasteiger partial charge is 0.371 e. The number of hydrogen-bond donors (Lipinski definition) is 0. The van der Waals surface area contributed by atoms with Crippen molar-refractivity contribution in [1.82, 2.24) is 4.98 Å². The van der Waals surface area contributed by atoms with Gasteiger partial charge in [0.05, 0.1) is 10.6 Å². The van der Waals surface area contributed by atoms with Gasteiger partial charge in [0.2, 0.25) is 0 Å². The molecule has 5 heteroatoms. The molecule has 1 aliphatic rings. The molecular formula is C16H13BrClN3. The Balaban J connectivity index is 1.76. The monoisotopic (exact) mass is 361 g/mol. The van der Waals surface area contributed by atoms with Gasteiger partial charge in [-0.25, -0.2) is 4.98 Å². The Morgan fingerprint density at radius 1 is 1.33 bits per heavy atom. The molecule has 1 atom stereocenters. The van der Waals surface area contributed by atoms with Crippen molar-refractivity contribution in [3.63, 3.8) is 0 Å². The van der Waals surface area contributed by atoms with E-state index in [9.17, 15) is 0 Å². The first-order chi connectivity index (χ1) is 10.2. The summed E-state index contributed by atoms with van der Waals surface area (Å²) in [5.74, 6) is 0.486. The molecule has 2 aromatic rings. The lowest BCUT2D eigenvalue weighted by Crippen LogP contribution is -2.19. The molecule has 1 aromatic heterocycles. The van der Waals surface area contributed by atoms with E-state index in [-0.39, 0.29) is 0 Å². The molecule has 106 valence electrons. The number of anilines is 1. The number of hydrogen-bond acceptors (Lipinski definition) is 3. The van der Waals surface area contributed by atoms with E-state index in [1.54, 1.807) is 6.07 Å². The van der Waals surface area contributed by atoms with Gasteiger partial charge < -0.3 is 4.90 Å². The normalized spacial score (nSPS) is 17.8. The van der Waals surface area contributed by atoms with Crippen LogP contribution in [0.2, 0.25) is 5.02 Å². The molecule has 0 amide bonds. The fourth-order valence-electron chi connectivity index (χ4n) is 2.69. The van der Waals surface area contributed by atoms with Gasteiger partial charge in [0.1, 0.15) is 10.7 Å². The van der Waals surface area contributed by atoms with E-state index in [2.05, 4.69) is 37.9 Å². The molecule has 0 saturated carbocycles. The highest BCUT2D eigenvalue weighted by Crippen LogP contribution is 2.32. The highest BCUT2D eigenvalue weighted by molar-refractivity contribution is 9.10. The smallest absolute Gasteiger partial charge is 0.106 e. The lowest BCUT2D eigenvalue weighted by molar-refractivity contribution is 0.769. The molecule has 0 N–H and O–H groups in total. The molecule has 2 heterocycles. The standard InChI is InChI=1S/C16H13BrClN3/c17-16-4-2-12(9-20-16)13-5-6-21(10-13)14-3-1-11(8-19)15(18)7-14/h1-4,7,9,13H,5-6,10H2. The van der Waals surface area contributed by atoms with Crippen molar-refractivity contribution in [1.29, 1.82) is 5.26 Å². The second-order valence-electron chi connectivity index (χ2n) is 5.12. The molecule has 21 heavy (non-hydrogen) atoms. The van der Waals surface area contributed by atoms with Gasteiger partial charge in [0.15, 0.2) is 0 Å². The highest BCUT2D eigenvalue weighted by atomic mass is 79.9. The molecule has 0 aliphatic carbocycles. The van der Waals surface area contributed by atoms with E-state index in [4.69, 9.17) is 16.9 Å². The van der Waals surface area contributed by atoms with E-state index < -0.39 is 0 Å². The summed E-state index contributed by atoms with van der Waals surface area (Å²) in [6.07, 6.45) is 3.03. The van der Waals surface area contributed by atoms with Crippen LogP contribution in [0, 0.1) is 11.3 Å². The zero-order chi connectivity index (χ0) is 14.8. The number of aromatic nitrogens is 1. The Bertz CT molecular complexity index is 694. The Kier molecular flexibility index (Phi) is 4.14. The number of pyridine rings is 1. The quantitative estimate of drug-likeness (QED) is 0.745. The van der Waals surface area contributed by atoms with Crippen molar-refractivity contribution >= 4 is 33.2 Å². The van der Waals surface area contributed by atoms with Gasteiger partial charge >= 0.3 is 0 Å². The second kappa shape index (κ2) is 6.05. The number of benzene rings is 1. The summed E-state index contributed by atoms with van der Waals surface area (Å²) >= 11 is 9.48. The van der Waals surface area contributed by atoms with Gasteiger partial charge in [0.25, 0.3) is 0 Å². The van der Waals surface area contributed by atoms with Crippen LogP contribution >= 0.6 is 27.5 Å². The zero-order valence-corrected chi connectivity index (χ0v) is 13.6. The first-order valence-corrected chi connectivity index (χ1v) is 7.90. The van der Waals surface area contributed by atoms with Gasteiger partial charge in [-0.15, -0.1) is 0 Å². The molecule has 3 rings (SSSR count). The summed E-state index contributed by atoms with van der Waals surface area (Å²) in [6.45, 7) is 1.94. The predicted molar refractivity (Wildman–Crippen MR) is 87.7 cm³/mol. The number of halogens is 2. The highest BCUT2D eigenvalue weighted by Gasteiger charge is 2.24. The minimum atomic E-state index is 0.486. The van der Waals surface area contributed by atoms with Crippen LogP contribution in [0.1, 0.15) is 23.5 Å². The minimum Gasteiger partial charge on any atom is -0.371 e. The molecule has 1 fully saturated rings. The molecule has 1 saturated heterocycles. The van der Waals surface area contributed by atoms with Crippen molar-refractivity contribution in [2.45, 2.75) is 12.3 Å². The van der Waals surface area contributed by atoms with Crippen LogP contribution in [-0.4, -0.2) is 18.1 Å². The molecule has 3 nitrogen and oxygen atoms in total. The van der Waals surface area contributed by atoms with Crippen molar-refractivity contribution in [2.75, 3.05) is 18.0 Å². The second-order valence-corrected chi connectivity index (χ2v) is 6.34. The van der Waals surface area contributed by atoms with Crippen LogP contribution in [0.15, 0.2) is 41.1 Å². The van der Waals surface area contributed by atoms with Crippen molar-refractivity contribution in [2.24, 2.45) is 0 Å².